The first-order valence-corrected chi connectivity index (χ1v) is 10.4. The molecule has 1 aromatic heterocycles. The highest BCUT2D eigenvalue weighted by Gasteiger charge is 2.33. The number of benzene rings is 1. The SMILES string of the molecule is C[C@@H](NC(=O)N1CCN(CC(=O)Nc2ccc(Cl)c(C(F)(F)F)c2)CC1)c1ccncc1. The highest BCUT2D eigenvalue weighted by Crippen LogP contribution is 2.36. The summed E-state index contributed by atoms with van der Waals surface area (Å²) in [6, 6.07) is 6.53. The third kappa shape index (κ3) is 6.33. The van der Waals surface area contributed by atoms with Crippen LogP contribution in [0.3, 0.4) is 0 Å². The number of urea groups is 1. The van der Waals surface area contributed by atoms with Gasteiger partial charge in [0.25, 0.3) is 0 Å². The lowest BCUT2D eigenvalue weighted by Crippen LogP contribution is -2.53. The third-order valence-electron chi connectivity index (χ3n) is 5.13. The van der Waals surface area contributed by atoms with Crippen LogP contribution in [-0.4, -0.2) is 59.4 Å². The molecule has 1 saturated heterocycles. The Kier molecular flexibility index (Phi) is 7.57. The van der Waals surface area contributed by atoms with Gasteiger partial charge in [-0.2, -0.15) is 13.2 Å². The summed E-state index contributed by atoms with van der Waals surface area (Å²) in [4.78, 5) is 32.2. The first-order chi connectivity index (χ1) is 15.1. The summed E-state index contributed by atoms with van der Waals surface area (Å²) in [5.74, 6) is -0.440. The molecule has 32 heavy (non-hydrogen) atoms. The smallest absolute Gasteiger partial charge is 0.331 e. The van der Waals surface area contributed by atoms with Crippen molar-refractivity contribution in [1.82, 2.24) is 20.1 Å². The number of alkyl halides is 3. The molecule has 2 heterocycles. The number of nitrogens with zero attached hydrogens (tertiary/aromatic N) is 3. The zero-order valence-corrected chi connectivity index (χ0v) is 18.1. The summed E-state index contributed by atoms with van der Waals surface area (Å²) in [6.45, 7) is 3.70. The molecule has 3 rings (SSSR count). The largest absolute Gasteiger partial charge is 0.417 e. The third-order valence-corrected chi connectivity index (χ3v) is 5.46. The van der Waals surface area contributed by atoms with Gasteiger partial charge < -0.3 is 15.5 Å². The average Bonchev–Trinajstić information content (AvgIpc) is 2.75. The fourth-order valence-corrected chi connectivity index (χ4v) is 3.57. The van der Waals surface area contributed by atoms with Gasteiger partial charge in [0.05, 0.1) is 23.2 Å². The topological polar surface area (TPSA) is 77.6 Å². The molecule has 172 valence electrons. The minimum Gasteiger partial charge on any atom is -0.331 e. The van der Waals surface area contributed by atoms with E-state index in [1.54, 1.807) is 17.3 Å². The molecule has 0 radical (unpaired) electrons. The quantitative estimate of drug-likeness (QED) is 0.698. The van der Waals surface area contributed by atoms with Gasteiger partial charge in [-0.25, -0.2) is 4.79 Å². The molecule has 2 aromatic rings. The number of anilines is 1. The standard InChI is InChI=1S/C21H23ClF3N5O2/c1-14(15-4-6-26-7-5-15)27-20(32)30-10-8-29(9-11-30)13-19(31)28-16-2-3-18(22)17(12-16)21(23,24)25/h2-7,12,14H,8-11,13H2,1H3,(H,27,32)(H,28,31)/t14-/m1/s1. The summed E-state index contributed by atoms with van der Waals surface area (Å²) in [7, 11) is 0. The van der Waals surface area contributed by atoms with Crippen LogP contribution in [0.1, 0.15) is 24.1 Å². The van der Waals surface area contributed by atoms with Gasteiger partial charge >= 0.3 is 12.2 Å². The second-order valence-corrected chi connectivity index (χ2v) is 7.86. The van der Waals surface area contributed by atoms with Gasteiger partial charge in [-0.3, -0.25) is 14.7 Å². The van der Waals surface area contributed by atoms with Crippen LogP contribution >= 0.6 is 11.6 Å². The summed E-state index contributed by atoms with van der Waals surface area (Å²) in [6.07, 6.45) is -1.28. The lowest BCUT2D eigenvalue weighted by atomic mass is 10.1. The normalized spacial score (nSPS) is 15.8. The molecule has 1 fully saturated rings. The monoisotopic (exact) mass is 469 g/mol. The number of pyridine rings is 1. The van der Waals surface area contributed by atoms with E-state index in [9.17, 15) is 22.8 Å². The molecular formula is C21H23ClF3N5O2. The lowest BCUT2D eigenvalue weighted by Gasteiger charge is -2.35. The number of hydrogen-bond donors (Lipinski definition) is 2. The Morgan fingerprint density at radius 1 is 1.12 bits per heavy atom. The van der Waals surface area contributed by atoms with E-state index < -0.39 is 22.7 Å². The van der Waals surface area contributed by atoms with E-state index in [1.807, 2.05) is 24.0 Å². The molecule has 0 aliphatic carbocycles. The maximum Gasteiger partial charge on any atom is 0.417 e. The molecule has 1 aromatic carbocycles. The Bertz CT molecular complexity index is 950. The van der Waals surface area contributed by atoms with Gasteiger partial charge in [0.2, 0.25) is 5.91 Å². The summed E-state index contributed by atoms with van der Waals surface area (Å²) < 4.78 is 38.9. The van der Waals surface area contributed by atoms with Crippen molar-refractivity contribution in [2.75, 3.05) is 38.0 Å². The van der Waals surface area contributed by atoms with E-state index in [-0.39, 0.29) is 24.3 Å². The van der Waals surface area contributed by atoms with Crippen molar-refractivity contribution in [1.29, 1.82) is 0 Å². The molecule has 1 aliphatic rings. The summed E-state index contributed by atoms with van der Waals surface area (Å²) in [5.41, 5.74) is -0.0352. The first-order valence-electron chi connectivity index (χ1n) is 9.98. The number of carbonyl (C=O) groups excluding carboxylic acids is 2. The zero-order valence-electron chi connectivity index (χ0n) is 17.3. The number of halogens is 4. The Morgan fingerprint density at radius 3 is 2.41 bits per heavy atom. The minimum atomic E-state index is -4.61. The van der Waals surface area contributed by atoms with Gasteiger partial charge in [-0.15, -0.1) is 0 Å². The van der Waals surface area contributed by atoms with Crippen LogP contribution in [-0.2, 0) is 11.0 Å². The molecule has 3 amide bonds. The van der Waals surface area contributed by atoms with E-state index in [4.69, 9.17) is 11.6 Å². The highest BCUT2D eigenvalue weighted by atomic mass is 35.5. The van der Waals surface area contributed by atoms with Gasteiger partial charge in [-0.1, -0.05) is 11.6 Å². The first kappa shape index (κ1) is 23.8. The Hall–Kier alpha value is -2.85. The second-order valence-electron chi connectivity index (χ2n) is 7.46. The van der Waals surface area contributed by atoms with Crippen molar-refractivity contribution >= 4 is 29.2 Å². The number of carbonyl (C=O) groups is 2. The molecule has 0 spiro atoms. The van der Waals surface area contributed by atoms with Crippen molar-refractivity contribution in [3.8, 4) is 0 Å². The Morgan fingerprint density at radius 2 is 1.78 bits per heavy atom. The van der Waals surface area contributed by atoms with E-state index in [2.05, 4.69) is 15.6 Å². The predicted molar refractivity (Wildman–Crippen MR) is 114 cm³/mol. The van der Waals surface area contributed by atoms with Crippen molar-refractivity contribution < 1.29 is 22.8 Å². The van der Waals surface area contributed by atoms with E-state index in [1.165, 1.54) is 6.07 Å². The minimum absolute atomic E-state index is 0.00680. The summed E-state index contributed by atoms with van der Waals surface area (Å²) >= 11 is 5.60. The molecular weight excluding hydrogens is 447 g/mol. The molecule has 0 unspecified atom stereocenters. The Labute approximate surface area is 188 Å². The van der Waals surface area contributed by atoms with Crippen LogP contribution in [0.25, 0.3) is 0 Å². The molecule has 7 nitrogen and oxygen atoms in total. The number of aromatic nitrogens is 1. The summed E-state index contributed by atoms with van der Waals surface area (Å²) in [5, 5.41) is 4.98. The van der Waals surface area contributed by atoms with Crippen LogP contribution in [0.5, 0.6) is 0 Å². The number of rotatable bonds is 5. The van der Waals surface area contributed by atoms with Gasteiger partial charge in [0, 0.05) is 44.3 Å². The van der Waals surface area contributed by atoms with Crippen LogP contribution < -0.4 is 10.6 Å². The Balaban J connectivity index is 1.46. The van der Waals surface area contributed by atoms with Gasteiger partial charge in [0.15, 0.2) is 0 Å². The highest BCUT2D eigenvalue weighted by molar-refractivity contribution is 6.31. The predicted octanol–water partition coefficient (Wildman–Crippen LogP) is 3.78. The zero-order chi connectivity index (χ0) is 23.3. The number of hydrogen-bond acceptors (Lipinski definition) is 4. The molecule has 2 N–H and O–H groups in total. The fourth-order valence-electron chi connectivity index (χ4n) is 3.34. The van der Waals surface area contributed by atoms with Crippen LogP contribution in [0.4, 0.5) is 23.7 Å². The number of piperazine rings is 1. The van der Waals surface area contributed by atoms with E-state index in [0.717, 1.165) is 17.7 Å². The van der Waals surface area contributed by atoms with Gasteiger partial charge in [0.1, 0.15) is 0 Å². The number of nitrogens with one attached hydrogen (secondary N) is 2. The average molecular weight is 470 g/mol. The van der Waals surface area contributed by atoms with Crippen LogP contribution in [0, 0.1) is 0 Å². The molecule has 0 saturated carbocycles. The van der Waals surface area contributed by atoms with Crippen molar-refractivity contribution in [3.05, 3.63) is 58.9 Å². The van der Waals surface area contributed by atoms with Crippen molar-refractivity contribution in [3.63, 3.8) is 0 Å². The lowest BCUT2D eigenvalue weighted by molar-refractivity contribution is -0.137. The maximum atomic E-state index is 13.0. The van der Waals surface area contributed by atoms with Gasteiger partial charge in [-0.05, 0) is 42.8 Å². The maximum absolute atomic E-state index is 13.0. The van der Waals surface area contributed by atoms with E-state index >= 15 is 0 Å². The van der Waals surface area contributed by atoms with Crippen molar-refractivity contribution in [2.45, 2.75) is 19.1 Å². The molecule has 1 atom stereocenters. The van der Waals surface area contributed by atoms with Crippen LogP contribution in [0.2, 0.25) is 5.02 Å². The van der Waals surface area contributed by atoms with E-state index in [0.29, 0.717) is 26.2 Å². The number of amides is 3. The fraction of sp³-hybridized carbons (Fsp3) is 0.381. The molecule has 1 aliphatic heterocycles. The van der Waals surface area contributed by atoms with Crippen LogP contribution in [0.15, 0.2) is 42.7 Å². The molecule has 11 heteroatoms. The van der Waals surface area contributed by atoms with Crippen molar-refractivity contribution in [2.24, 2.45) is 0 Å². The second kappa shape index (κ2) is 10.2. The molecule has 0 bridgehead atoms.